The fourth-order valence-corrected chi connectivity index (χ4v) is 1.92. The third kappa shape index (κ3) is 3.86. The molecule has 0 atom stereocenters. The Labute approximate surface area is 124 Å². The van der Waals surface area contributed by atoms with Gasteiger partial charge in [0.25, 0.3) is 0 Å². The van der Waals surface area contributed by atoms with Gasteiger partial charge in [-0.05, 0) is 36.2 Å². The van der Waals surface area contributed by atoms with Crippen LogP contribution in [0.2, 0.25) is 0 Å². The molecular weight excluding hydrogens is 264 g/mol. The van der Waals surface area contributed by atoms with Crippen LogP contribution < -0.4 is 10.2 Å². The molecule has 0 radical (unpaired) electrons. The Balaban J connectivity index is 2.19. The minimum Gasteiger partial charge on any atom is -0.504 e. The first kappa shape index (κ1) is 14.7. The predicted molar refractivity (Wildman–Crippen MR) is 86.2 cm³/mol. The van der Waals surface area contributed by atoms with E-state index in [1.165, 1.54) is 7.11 Å². The van der Waals surface area contributed by atoms with Gasteiger partial charge in [-0.1, -0.05) is 24.3 Å². The van der Waals surface area contributed by atoms with Crippen molar-refractivity contribution in [3.8, 4) is 11.5 Å². The molecule has 0 heterocycles. The van der Waals surface area contributed by atoms with Crippen molar-refractivity contribution >= 4 is 11.9 Å². The maximum Gasteiger partial charge on any atom is 0.161 e. The number of hydrogen-bond acceptors (Lipinski definition) is 4. The molecule has 0 spiro atoms. The number of phenols is 1. The summed E-state index contributed by atoms with van der Waals surface area (Å²) in [4.78, 5) is 0. The summed E-state index contributed by atoms with van der Waals surface area (Å²) >= 11 is 0. The van der Waals surface area contributed by atoms with Crippen molar-refractivity contribution in [2.24, 2.45) is 5.10 Å². The Kier molecular flexibility index (Phi) is 4.99. The SMILES string of the molecule is C=CCc1cc(C=NNc2ccccc2)cc(OC)c1O. The van der Waals surface area contributed by atoms with E-state index < -0.39 is 0 Å². The summed E-state index contributed by atoms with van der Waals surface area (Å²) in [6, 6.07) is 13.3. The van der Waals surface area contributed by atoms with Gasteiger partial charge in [-0.2, -0.15) is 5.10 Å². The first-order chi connectivity index (χ1) is 10.2. The van der Waals surface area contributed by atoms with E-state index in [0.29, 0.717) is 12.2 Å². The largest absolute Gasteiger partial charge is 0.504 e. The van der Waals surface area contributed by atoms with Gasteiger partial charge >= 0.3 is 0 Å². The Bertz CT molecular complexity index is 637. The fourth-order valence-electron chi connectivity index (χ4n) is 1.92. The molecule has 108 valence electrons. The summed E-state index contributed by atoms with van der Waals surface area (Å²) in [5, 5.41) is 14.2. The van der Waals surface area contributed by atoms with E-state index in [-0.39, 0.29) is 5.75 Å². The van der Waals surface area contributed by atoms with Crippen molar-refractivity contribution in [2.75, 3.05) is 12.5 Å². The van der Waals surface area contributed by atoms with Crippen LogP contribution in [0.1, 0.15) is 11.1 Å². The second-order valence-electron chi connectivity index (χ2n) is 4.46. The van der Waals surface area contributed by atoms with E-state index in [1.807, 2.05) is 36.4 Å². The van der Waals surface area contributed by atoms with Gasteiger partial charge < -0.3 is 9.84 Å². The van der Waals surface area contributed by atoms with Crippen molar-refractivity contribution in [1.29, 1.82) is 0 Å². The topological polar surface area (TPSA) is 53.9 Å². The summed E-state index contributed by atoms with van der Waals surface area (Å²) in [5.41, 5.74) is 5.44. The lowest BCUT2D eigenvalue weighted by Crippen LogP contribution is -1.95. The minimum absolute atomic E-state index is 0.144. The van der Waals surface area contributed by atoms with Crippen LogP contribution in [0, 0.1) is 0 Å². The van der Waals surface area contributed by atoms with Crippen molar-refractivity contribution in [3.63, 3.8) is 0 Å². The van der Waals surface area contributed by atoms with Gasteiger partial charge in [-0.15, -0.1) is 6.58 Å². The number of methoxy groups -OCH3 is 1. The monoisotopic (exact) mass is 282 g/mol. The van der Waals surface area contributed by atoms with E-state index in [0.717, 1.165) is 16.8 Å². The number of benzene rings is 2. The van der Waals surface area contributed by atoms with Crippen LogP contribution in [-0.4, -0.2) is 18.4 Å². The molecule has 0 amide bonds. The number of rotatable bonds is 6. The minimum atomic E-state index is 0.144. The molecule has 2 aromatic rings. The Hall–Kier alpha value is -2.75. The molecule has 0 aromatic heterocycles. The Morgan fingerprint density at radius 2 is 2.05 bits per heavy atom. The van der Waals surface area contributed by atoms with Crippen LogP contribution in [0.15, 0.2) is 60.2 Å². The van der Waals surface area contributed by atoms with E-state index in [9.17, 15) is 5.11 Å². The smallest absolute Gasteiger partial charge is 0.161 e. The van der Waals surface area contributed by atoms with E-state index in [4.69, 9.17) is 4.74 Å². The molecule has 4 heteroatoms. The summed E-state index contributed by atoms with van der Waals surface area (Å²) in [6.45, 7) is 3.69. The molecule has 0 fully saturated rings. The van der Waals surface area contributed by atoms with Gasteiger partial charge in [0.2, 0.25) is 0 Å². The first-order valence-corrected chi connectivity index (χ1v) is 6.59. The van der Waals surface area contributed by atoms with Crippen molar-refractivity contribution in [1.82, 2.24) is 0 Å². The molecule has 4 nitrogen and oxygen atoms in total. The second kappa shape index (κ2) is 7.14. The van der Waals surface area contributed by atoms with Crippen LogP contribution in [0.4, 0.5) is 5.69 Å². The predicted octanol–water partition coefficient (Wildman–Crippen LogP) is 3.58. The highest BCUT2D eigenvalue weighted by Gasteiger charge is 2.08. The van der Waals surface area contributed by atoms with Gasteiger partial charge in [0.05, 0.1) is 19.0 Å². The number of allylic oxidation sites excluding steroid dienone is 1. The Morgan fingerprint density at radius 3 is 2.71 bits per heavy atom. The molecule has 0 aliphatic rings. The van der Waals surface area contributed by atoms with Crippen LogP contribution >= 0.6 is 0 Å². The first-order valence-electron chi connectivity index (χ1n) is 6.59. The van der Waals surface area contributed by atoms with Gasteiger partial charge in [-0.25, -0.2) is 0 Å². The van der Waals surface area contributed by atoms with Gasteiger partial charge in [0.15, 0.2) is 11.5 Å². The number of anilines is 1. The standard InChI is InChI=1S/C17H18N2O2/c1-3-7-14-10-13(11-16(21-2)17(14)20)12-18-19-15-8-5-4-6-9-15/h3-6,8-12,19-20H,1,7H2,2H3. The average molecular weight is 282 g/mol. The number of nitrogens with one attached hydrogen (secondary N) is 1. The number of para-hydroxylation sites is 1. The number of phenolic OH excluding ortho intramolecular Hbond substituents is 1. The van der Waals surface area contributed by atoms with Crippen LogP contribution in [0.3, 0.4) is 0 Å². The van der Waals surface area contributed by atoms with Crippen molar-refractivity contribution < 1.29 is 9.84 Å². The maximum atomic E-state index is 10.0. The Morgan fingerprint density at radius 1 is 1.29 bits per heavy atom. The van der Waals surface area contributed by atoms with E-state index in [2.05, 4.69) is 17.1 Å². The highest BCUT2D eigenvalue weighted by Crippen LogP contribution is 2.31. The van der Waals surface area contributed by atoms with E-state index >= 15 is 0 Å². The molecule has 0 unspecified atom stereocenters. The van der Waals surface area contributed by atoms with E-state index in [1.54, 1.807) is 18.4 Å². The molecular formula is C17H18N2O2. The molecule has 0 aliphatic heterocycles. The quantitative estimate of drug-likeness (QED) is 0.484. The molecule has 0 aliphatic carbocycles. The van der Waals surface area contributed by atoms with Gasteiger partial charge in [0, 0.05) is 5.56 Å². The number of hydrogen-bond donors (Lipinski definition) is 2. The molecule has 0 saturated carbocycles. The molecule has 2 rings (SSSR count). The van der Waals surface area contributed by atoms with Crippen molar-refractivity contribution in [2.45, 2.75) is 6.42 Å². The highest BCUT2D eigenvalue weighted by molar-refractivity contribution is 5.82. The summed E-state index contributed by atoms with van der Waals surface area (Å²) in [7, 11) is 1.52. The summed E-state index contributed by atoms with van der Waals surface area (Å²) in [5.74, 6) is 0.570. The zero-order valence-corrected chi connectivity index (χ0v) is 11.9. The third-order valence-corrected chi connectivity index (χ3v) is 2.94. The average Bonchev–Trinajstić information content (AvgIpc) is 2.51. The second-order valence-corrected chi connectivity index (χ2v) is 4.46. The molecule has 21 heavy (non-hydrogen) atoms. The fraction of sp³-hybridized carbons (Fsp3) is 0.118. The number of nitrogens with zero attached hydrogens (tertiary/aromatic N) is 1. The molecule has 2 aromatic carbocycles. The summed E-state index contributed by atoms with van der Waals surface area (Å²) < 4.78 is 5.17. The number of aromatic hydroxyl groups is 1. The van der Waals surface area contributed by atoms with Gasteiger partial charge in [-0.3, -0.25) is 5.43 Å². The molecule has 2 N–H and O–H groups in total. The zero-order chi connectivity index (χ0) is 15.1. The number of ether oxygens (including phenoxy) is 1. The van der Waals surface area contributed by atoms with Crippen LogP contribution in [-0.2, 0) is 6.42 Å². The summed E-state index contributed by atoms with van der Waals surface area (Å²) in [6.07, 6.45) is 3.98. The van der Waals surface area contributed by atoms with Crippen LogP contribution in [0.25, 0.3) is 0 Å². The maximum absolute atomic E-state index is 10.0. The molecule has 0 bridgehead atoms. The highest BCUT2D eigenvalue weighted by atomic mass is 16.5. The lowest BCUT2D eigenvalue weighted by Gasteiger charge is -2.09. The normalized spacial score (nSPS) is 10.5. The zero-order valence-electron chi connectivity index (χ0n) is 11.9. The van der Waals surface area contributed by atoms with Crippen molar-refractivity contribution in [3.05, 3.63) is 66.2 Å². The van der Waals surface area contributed by atoms with Gasteiger partial charge in [0.1, 0.15) is 0 Å². The molecule has 0 saturated heterocycles. The lowest BCUT2D eigenvalue weighted by molar-refractivity contribution is 0.371. The number of hydrazone groups is 1. The third-order valence-electron chi connectivity index (χ3n) is 2.94. The van der Waals surface area contributed by atoms with Crippen LogP contribution in [0.5, 0.6) is 11.5 Å². The lowest BCUT2D eigenvalue weighted by atomic mass is 10.1.